The van der Waals surface area contributed by atoms with Crippen molar-refractivity contribution in [2.45, 2.75) is 5.92 Å². The fourth-order valence-electron chi connectivity index (χ4n) is 1.85. The summed E-state index contributed by atoms with van der Waals surface area (Å²) in [6.45, 7) is 0.393. The van der Waals surface area contributed by atoms with E-state index in [4.69, 9.17) is 10.3 Å². The van der Waals surface area contributed by atoms with Gasteiger partial charge < -0.3 is 10.3 Å². The Hall–Kier alpha value is -2.54. The number of nitrogens with zero attached hydrogens (tertiary/aromatic N) is 4. The molecule has 0 saturated carbocycles. The molecule has 96 valence electrons. The Morgan fingerprint density at radius 3 is 2.79 bits per heavy atom. The molecular formula is C12H12N6O. The summed E-state index contributed by atoms with van der Waals surface area (Å²) in [5.41, 5.74) is 7.39. The normalized spacial score (nSPS) is 12.5. The van der Waals surface area contributed by atoms with Gasteiger partial charge in [-0.3, -0.25) is 0 Å². The number of nitrogens with two attached hydrogens (primary N) is 1. The van der Waals surface area contributed by atoms with E-state index in [0.29, 0.717) is 24.0 Å². The summed E-state index contributed by atoms with van der Waals surface area (Å²) < 4.78 is 5.27. The summed E-state index contributed by atoms with van der Waals surface area (Å²) in [7, 11) is 0. The maximum atomic E-state index is 5.80. The monoisotopic (exact) mass is 256 g/mol. The van der Waals surface area contributed by atoms with Crippen molar-refractivity contribution in [1.82, 2.24) is 25.6 Å². The predicted molar refractivity (Wildman–Crippen MR) is 67.0 cm³/mol. The van der Waals surface area contributed by atoms with Crippen molar-refractivity contribution in [3.05, 3.63) is 48.0 Å². The minimum atomic E-state index is -0.116. The Morgan fingerprint density at radius 2 is 2.11 bits per heavy atom. The van der Waals surface area contributed by atoms with Gasteiger partial charge in [0.25, 0.3) is 0 Å². The number of aromatic amines is 1. The lowest BCUT2D eigenvalue weighted by Crippen LogP contribution is -2.14. The lowest BCUT2D eigenvalue weighted by Gasteiger charge is -2.09. The minimum Gasteiger partial charge on any atom is -0.338 e. The standard InChI is InChI=1S/C12H12N6O/c13-6-9(8-4-2-1-3-5-8)12-15-11(17-19-12)10-7-14-18-16-10/h1-5,7,9H,6,13H2,(H,14,16,18). The maximum Gasteiger partial charge on any atom is 0.235 e. The molecule has 1 atom stereocenters. The molecule has 0 bridgehead atoms. The second-order valence-corrected chi connectivity index (χ2v) is 4.01. The summed E-state index contributed by atoms with van der Waals surface area (Å²) >= 11 is 0. The molecule has 0 spiro atoms. The van der Waals surface area contributed by atoms with Gasteiger partial charge in [0.1, 0.15) is 0 Å². The highest BCUT2D eigenvalue weighted by molar-refractivity contribution is 5.45. The lowest BCUT2D eigenvalue weighted by molar-refractivity contribution is 0.367. The highest BCUT2D eigenvalue weighted by Crippen LogP contribution is 2.23. The van der Waals surface area contributed by atoms with E-state index in [9.17, 15) is 0 Å². The first-order valence-corrected chi connectivity index (χ1v) is 5.83. The van der Waals surface area contributed by atoms with E-state index in [1.165, 1.54) is 6.20 Å². The zero-order valence-electron chi connectivity index (χ0n) is 10.0. The quantitative estimate of drug-likeness (QED) is 0.719. The average molecular weight is 256 g/mol. The largest absolute Gasteiger partial charge is 0.338 e. The average Bonchev–Trinajstić information content (AvgIpc) is 3.11. The number of H-pyrrole nitrogens is 1. The molecule has 0 aliphatic carbocycles. The second-order valence-electron chi connectivity index (χ2n) is 4.01. The van der Waals surface area contributed by atoms with Gasteiger partial charge in [0.2, 0.25) is 11.7 Å². The summed E-state index contributed by atoms with van der Waals surface area (Å²) in [5, 5.41) is 14.0. The van der Waals surface area contributed by atoms with Crippen molar-refractivity contribution >= 4 is 0 Å². The lowest BCUT2D eigenvalue weighted by atomic mass is 9.99. The van der Waals surface area contributed by atoms with Crippen LogP contribution in [0, 0.1) is 0 Å². The van der Waals surface area contributed by atoms with Crippen molar-refractivity contribution < 1.29 is 4.52 Å². The van der Waals surface area contributed by atoms with Crippen LogP contribution >= 0.6 is 0 Å². The molecule has 7 nitrogen and oxygen atoms in total. The number of hydrogen-bond donors (Lipinski definition) is 2. The number of benzene rings is 1. The molecule has 3 N–H and O–H groups in total. The Labute approximate surface area is 108 Å². The fraction of sp³-hybridized carbons (Fsp3) is 0.167. The molecule has 0 amide bonds. The molecule has 0 aliphatic rings. The van der Waals surface area contributed by atoms with Crippen LogP contribution in [0.5, 0.6) is 0 Å². The molecule has 7 heteroatoms. The van der Waals surface area contributed by atoms with Crippen molar-refractivity contribution in [2.24, 2.45) is 5.73 Å². The summed E-state index contributed by atoms with van der Waals surface area (Å²) in [5.74, 6) is 0.763. The molecule has 2 heterocycles. The van der Waals surface area contributed by atoms with E-state index in [0.717, 1.165) is 5.56 Å². The molecule has 3 aromatic rings. The molecule has 0 fully saturated rings. The molecule has 3 rings (SSSR count). The van der Waals surface area contributed by atoms with Crippen LogP contribution in [0.1, 0.15) is 17.4 Å². The van der Waals surface area contributed by atoms with Gasteiger partial charge in [-0.1, -0.05) is 35.5 Å². The molecule has 19 heavy (non-hydrogen) atoms. The van der Waals surface area contributed by atoms with Crippen LogP contribution in [-0.2, 0) is 0 Å². The maximum absolute atomic E-state index is 5.80. The third-order valence-corrected chi connectivity index (χ3v) is 2.82. The van der Waals surface area contributed by atoms with Crippen molar-refractivity contribution in [3.8, 4) is 11.5 Å². The fourth-order valence-corrected chi connectivity index (χ4v) is 1.85. The Kier molecular flexibility index (Phi) is 3.03. The van der Waals surface area contributed by atoms with Gasteiger partial charge in [0, 0.05) is 6.54 Å². The molecule has 1 unspecified atom stereocenters. The van der Waals surface area contributed by atoms with Gasteiger partial charge in [-0.15, -0.1) is 0 Å². The van der Waals surface area contributed by atoms with Gasteiger partial charge in [0.15, 0.2) is 5.69 Å². The Bertz CT molecular complexity index is 633. The third-order valence-electron chi connectivity index (χ3n) is 2.82. The van der Waals surface area contributed by atoms with E-state index in [1.54, 1.807) is 0 Å². The van der Waals surface area contributed by atoms with Crippen LogP contribution < -0.4 is 5.73 Å². The first-order chi connectivity index (χ1) is 9.38. The topological polar surface area (TPSA) is 107 Å². The highest BCUT2D eigenvalue weighted by Gasteiger charge is 2.20. The van der Waals surface area contributed by atoms with E-state index >= 15 is 0 Å². The number of hydrogen-bond acceptors (Lipinski definition) is 6. The zero-order valence-corrected chi connectivity index (χ0v) is 10.0. The van der Waals surface area contributed by atoms with Crippen LogP contribution in [0.25, 0.3) is 11.5 Å². The molecule has 0 saturated heterocycles. The number of rotatable bonds is 4. The van der Waals surface area contributed by atoms with E-state index < -0.39 is 0 Å². The van der Waals surface area contributed by atoms with Gasteiger partial charge in [-0.25, -0.2) is 0 Å². The molecule has 2 aromatic heterocycles. The minimum absolute atomic E-state index is 0.116. The zero-order chi connectivity index (χ0) is 13.1. The molecule has 1 aromatic carbocycles. The third kappa shape index (κ3) is 2.23. The number of aromatic nitrogens is 5. The Balaban J connectivity index is 1.93. The number of nitrogens with one attached hydrogen (secondary N) is 1. The summed E-state index contributed by atoms with van der Waals surface area (Å²) in [6, 6.07) is 9.82. The van der Waals surface area contributed by atoms with Gasteiger partial charge in [-0.2, -0.15) is 20.4 Å². The van der Waals surface area contributed by atoms with Crippen LogP contribution in [0.2, 0.25) is 0 Å². The van der Waals surface area contributed by atoms with E-state index in [1.807, 2.05) is 30.3 Å². The van der Waals surface area contributed by atoms with Crippen molar-refractivity contribution in [3.63, 3.8) is 0 Å². The van der Waals surface area contributed by atoms with Crippen molar-refractivity contribution in [2.75, 3.05) is 6.54 Å². The van der Waals surface area contributed by atoms with E-state index in [-0.39, 0.29) is 5.92 Å². The first kappa shape index (κ1) is 11.5. The second kappa shape index (κ2) is 4.99. The van der Waals surface area contributed by atoms with Gasteiger partial charge >= 0.3 is 0 Å². The molecule has 0 aliphatic heterocycles. The van der Waals surface area contributed by atoms with Crippen molar-refractivity contribution in [1.29, 1.82) is 0 Å². The highest BCUT2D eigenvalue weighted by atomic mass is 16.5. The molecular weight excluding hydrogens is 244 g/mol. The molecule has 0 radical (unpaired) electrons. The van der Waals surface area contributed by atoms with Crippen LogP contribution in [0.15, 0.2) is 41.1 Å². The van der Waals surface area contributed by atoms with Gasteiger partial charge in [-0.05, 0) is 5.56 Å². The summed E-state index contributed by atoms with van der Waals surface area (Å²) in [4.78, 5) is 4.32. The van der Waals surface area contributed by atoms with Crippen LogP contribution in [-0.4, -0.2) is 32.1 Å². The van der Waals surface area contributed by atoms with Gasteiger partial charge in [0.05, 0.1) is 12.1 Å². The van der Waals surface area contributed by atoms with E-state index in [2.05, 4.69) is 25.6 Å². The van der Waals surface area contributed by atoms with Crippen LogP contribution in [0.4, 0.5) is 0 Å². The summed E-state index contributed by atoms with van der Waals surface area (Å²) in [6.07, 6.45) is 1.54. The first-order valence-electron chi connectivity index (χ1n) is 5.83. The SMILES string of the molecule is NCC(c1ccccc1)c1nc(-c2cn[nH]n2)no1. The predicted octanol–water partition coefficient (Wildman–Crippen LogP) is 0.945. The van der Waals surface area contributed by atoms with Crippen LogP contribution in [0.3, 0.4) is 0 Å². The Morgan fingerprint density at radius 1 is 1.26 bits per heavy atom. The smallest absolute Gasteiger partial charge is 0.235 e.